The predicted octanol–water partition coefficient (Wildman–Crippen LogP) is 0.235. The van der Waals surface area contributed by atoms with Crippen LogP contribution in [0, 0.1) is 6.92 Å². The Balaban J connectivity index is 1.35. The van der Waals surface area contributed by atoms with E-state index >= 15 is 0 Å². The van der Waals surface area contributed by atoms with Crippen LogP contribution < -0.4 is 10.5 Å². The van der Waals surface area contributed by atoms with Gasteiger partial charge in [0.1, 0.15) is 5.76 Å². The van der Waals surface area contributed by atoms with Crippen molar-refractivity contribution in [1.82, 2.24) is 40.0 Å². The Hall–Kier alpha value is -4.13. The molecule has 5 rings (SSSR count). The molecular formula is C20H21N9O4. The minimum Gasteiger partial charge on any atom is -0.464 e. The minimum absolute atomic E-state index is 0.00604. The first-order valence-corrected chi connectivity index (χ1v) is 10.3. The van der Waals surface area contributed by atoms with Gasteiger partial charge in [-0.3, -0.25) is 9.69 Å². The molecule has 0 bridgehead atoms. The topological polar surface area (TPSA) is 137 Å². The molecule has 0 spiro atoms. The number of aryl methyl sites for hydroxylation is 1. The number of anilines is 1. The van der Waals surface area contributed by atoms with Gasteiger partial charge in [0.2, 0.25) is 5.95 Å². The first kappa shape index (κ1) is 20.8. The number of carbonyl (C=O) groups excluding carboxylic acids is 1. The van der Waals surface area contributed by atoms with E-state index in [1.54, 1.807) is 11.6 Å². The quantitative estimate of drug-likeness (QED) is 0.386. The Kier molecular flexibility index (Phi) is 5.30. The standard InChI is InChI=1S/C20H21N9O4/c1-13-15-16(23-33-13)18(30)28(22-17(15)19(31)32-2)12-26-8-10-27(11-9-26)20-21-24-25-29(20)14-6-4-3-5-7-14/h3-7H,8-12H2,1-2H3. The molecule has 0 unspecified atom stereocenters. The number of para-hydroxylation sites is 1. The van der Waals surface area contributed by atoms with E-state index in [-0.39, 0.29) is 23.3 Å². The normalized spacial score (nSPS) is 14.7. The SMILES string of the molecule is COC(=O)c1nn(CN2CCN(c3nnnn3-c3ccccc3)CC2)c(=O)c2noc(C)c12. The average molecular weight is 451 g/mol. The summed E-state index contributed by atoms with van der Waals surface area (Å²) >= 11 is 0. The highest BCUT2D eigenvalue weighted by Gasteiger charge is 2.26. The number of fused-ring (bicyclic) bond motifs is 1. The second-order valence-electron chi connectivity index (χ2n) is 7.58. The lowest BCUT2D eigenvalue weighted by Gasteiger charge is -2.34. The Labute approximate surface area is 187 Å². The molecule has 0 saturated carbocycles. The van der Waals surface area contributed by atoms with Crippen molar-refractivity contribution in [2.24, 2.45) is 0 Å². The maximum atomic E-state index is 12.9. The van der Waals surface area contributed by atoms with Crippen molar-refractivity contribution in [3.63, 3.8) is 0 Å². The second kappa shape index (κ2) is 8.43. The summed E-state index contributed by atoms with van der Waals surface area (Å²) in [6.45, 7) is 4.39. The highest BCUT2D eigenvalue weighted by atomic mass is 16.5. The lowest BCUT2D eigenvalue weighted by molar-refractivity contribution is 0.0591. The fraction of sp³-hybridized carbons (Fsp3) is 0.350. The third kappa shape index (κ3) is 3.71. The number of tetrazole rings is 1. The number of hydrogen-bond donors (Lipinski definition) is 0. The highest BCUT2D eigenvalue weighted by molar-refractivity contribution is 6.01. The van der Waals surface area contributed by atoms with Gasteiger partial charge in [-0.2, -0.15) is 9.78 Å². The summed E-state index contributed by atoms with van der Waals surface area (Å²) in [5.41, 5.74) is 0.516. The van der Waals surface area contributed by atoms with Crippen LogP contribution in [0.25, 0.3) is 16.6 Å². The average Bonchev–Trinajstić information content (AvgIpc) is 3.49. The third-order valence-corrected chi connectivity index (χ3v) is 5.58. The zero-order valence-corrected chi connectivity index (χ0v) is 18.1. The van der Waals surface area contributed by atoms with Gasteiger partial charge in [0, 0.05) is 26.2 Å². The Bertz CT molecular complexity index is 1350. The van der Waals surface area contributed by atoms with Crippen molar-refractivity contribution in [2.45, 2.75) is 13.6 Å². The number of aromatic nitrogens is 7. The molecule has 3 aromatic heterocycles. The van der Waals surface area contributed by atoms with Crippen LogP contribution in [0.5, 0.6) is 0 Å². The van der Waals surface area contributed by atoms with Gasteiger partial charge in [-0.25, -0.2) is 9.48 Å². The molecule has 170 valence electrons. The molecule has 4 heterocycles. The molecule has 33 heavy (non-hydrogen) atoms. The molecular weight excluding hydrogens is 430 g/mol. The smallest absolute Gasteiger partial charge is 0.359 e. The highest BCUT2D eigenvalue weighted by Crippen LogP contribution is 2.19. The van der Waals surface area contributed by atoms with Crippen LogP contribution in [0.15, 0.2) is 39.6 Å². The third-order valence-electron chi connectivity index (χ3n) is 5.58. The summed E-state index contributed by atoms with van der Waals surface area (Å²) in [5.74, 6) is 0.341. The van der Waals surface area contributed by atoms with Crippen LogP contribution in [0.3, 0.4) is 0 Å². The van der Waals surface area contributed by atoms with Crippen LogP contribution in [0.1, 0.15) is 16.2 Å². The van der Waals surface area contributed by atoms with Gasteiger partial charge in [0.15, 0.2) is 11.2 Å². The van der Waals surface area contributed by atoms with Crippen molar-refractivity contribution in [3.05, 3.63) is 52.1 Å². The molecule has 0 radical (unpaired) electrons. The van der Waals surface area contributed by atoms with Gasteiger partial charge in [-0.05, 0) is 29.5 Å². The Morgan fingerprint density at radius 2 is 1.91 bits per heavy atom. The molecule has 4 aromatic rings. The van der Waals surface area contributed by atoms with Crippen LogP contribution >= 0.6 is 0 Å². The number of methoxy groups -OCH3 is 1. The zero-order chi connectivity index (χ0) is 22.9. The van der Waals surface area contributed by atoms with Gasteiger partial charge in [-0.1, -0.05) is 28.5 Å². The number of nitrogens with zero attached hydrogens (tertiary/aromatic N) is 9. The summed E-state index contributed by atoms with van der Waals surface area (Å²) in [6, 6.07) is 9.67. The number of benzene rings is 1. The van der Waals surface area contributed by atoms with Crippen molar-refractivity contribution in [1.29, 1.82) is 0 Å². The van der Waals surface area contributed by atoms with Crippen molar-refractivity contribution in [2.75, 3.05) is 38.2 Å². The molecule has 0 aliphatic carbocycles. The maximum absolute atomic E-state index is 12.9. The summed E-state index contributed by atoms with van der Waals surface area (Å²) in [7, 11) is 1.26. The molecule has 1 fully saturated rings. The van der Waals surface area contributed by atoms with Crippen molar-refractivity contribution < 1.29 is 14.1 Å². The Morgan fingerprint density at radius 1 is 1.15 bits per heavy atom. The molecule has 13 nitrogen and oxygen atoms in total. The summed E-state index contributed by atoms with van der Waals surface area (Å²) in [5, 5.41) is 20.5. The molecule has 0 N–H and O–H groups in total. The van der Waals surface area contributed by atoms with E-state index in [0.29, 0.717) is 37.9 Å². The van der Waals surface area contributed by atoms with Crippen LogP contribution in [-0.2, 0) is 11.4 Å². The fourth-order valence-electron chi connectivity index (χ4n) is 3.87. The first-order chi connectivity index (χ1) is 16.1. The van der Waals surface area contributed by atoms with E-state index in [2.05, 4.69) is 35.6 Å². The van der Waals surface area contributed by atoms with Gasteiger partial charge in [0.25, 0.3) is 5.56 Å². The predicted molar refractivity (Wildman–Crippen MR) is 115 cm³/mol. The van der Waals surface area contributed by atoms with E-state index in [1.807, 2.05) is 30.3 Å². The number of hydrogen-bond acceptors (Lipinski definition) is 11. The second-order valence-corrected chi connectivity index (χ2v) is 7.58. The summed E-state index contributed by atoms with van der Waals surface area (Å²) in [4.78, 5) is 29.3. The van der Waals surface area contributed by atoms with Gasteiger partial charge >= 0.3 is 5.97 Å². The van der Waals surface area contributed by atoms with E-state index in [1.165, 1.54) is 11.8 Å². The van der Waals surface area contributed by atoms with E-state index in [9.17, 15) is 9.59 Å². The van der Waals surface area contributed by atoms with Crippen LogP contribution in [0.2, 0.25) is 0 Å². The lowest BCUT2D eigenvalue weighted by Crippen LogP contribution is -2.49. The van der Waals surface area contributed by atoms with Crippen molar-refractivity contribution >= 4 is 22.8 Å². The Morgan fingerprint density at radius 3 is 2.64 bits per heavy atom. The van der Waals surface area contributed by atoms with E-state index in [0.717, 1.165) is 5.69 Å². The number of rotatable bonds is 5. The molecule has 1 aliphatic rings. The number of piperazine rings is 1. The number of carbonyl (C=O) groups is 1. The van der Waals surface area contributed by atoms with Gasteiger partial charge in [-0.15, -0.1) is 0 Å². The number of ether oxygens (including phenoxy) is 1. The lowest BCUT2D eigenvalue weighted by atomic mass is 10.2. The molecule has 0 atom stereocenters. The zero-order valence-electron chi connectivity index (χ0n) is 18.1. The number of esters is 1. The summed E-state index contributed by atoms with van der Waals surface area (Å²) < 4.78 is 12.9. The van der Waals surface area contributed by atoms with E-state index < -0.39 is 11.5 Å². The maximum Gasteiger partial charge on any atom is 0.359 e. The van der Waals surface area contributed by atoms with Crippen LogP contribution in [-0.4, -0.2) is 79.3 Å². The minimum atomic E-state index is -0.655. The first-order valence-electron chi connectivity index (χ1n) is 10.3. The van der Waals surface area contributed by atoms with Gasteiger partial charge < -0.3 is 14.2 Å². The molecule has 1 saturated heterocycles. The summed E-state index contributed by atoms with van der Waals surface area (Å²) in [6.07, 6.45) is 0. The van der Waals surface area contributed by atoms with Crippen LogP contribution in [0.4, 0.5) is 5.95 Å². The molecule has 13 heteroatoms. The van der Waals surface area contributed by atoms with Gasteiger partial charge in [0.05, 0.1) is 24.9 Å². The van der Waals surface area contributed by atoms with E-state index in [4.69, 9.17) is 9.26 Å². The molecule has 1 aliphatic heterocycles. The largest absolute Gasteiger partial charge is 0.464 e. The van der Waals surface area contributed by atoms with Crippen molar-refractivity contribution in [3.8, 4) is 5.69 Å². The molecule has 1 aromatic carbocycles. The monoisotopic (exact) mass is 451 g/mol. The fourth-order valence-corrected chi connectivity index (χ4v) is 3.87. The molecule has 0 amide bonds.